The molecule has 1 aromatic heterocycles. The lowest BCUT2D eigenvalue weighted by Crippen LogP contribution is -2.54. The zero-order valence-corrected chi connectivity index (χ0v) is 13.6. The van der Waals surface area contributed by atoms with Crippen LogP contribution >= 0.6 is 15.9 Å². The van der Waals surface area contributed by atoms with Gasteiger partial charge in [-0.05, 0) is 48.9 Å². The summed E-state index contributed by atoms with van der Waals surface area (Å²) in [6.45, 7) is 1.84. The lowest BCUT2D eigenvalue weighted by atomic mass is 10.1. The summed E-state index contributed by atoms with van der Waals surface area (Å²) in [7, 11) is 0. The van der Waals surface area contributed by atoms with Crippen molar-refractivity contribution in [2.45, 2.75) is 6.92 Å². The Balaban J connectivity index is 2.03. The topological polar surface area (TPSA) is 79.6 Å². The number of amides is 4. The van der Waals surface area contributed by atoms with Crippen molar-refractivity contribution < 1.29 is 18.8 Å². The molecule has 0 atom stereocenters. The molecule has 1 aromatic carbocycles. The molecule has 1 saturated heterocycles. The third kappa shape index (κ3) is 2.83. The molecular formula is C16H11BrN2O4. The van der Waals surface area contributed by atoms with Crippen LogP contribution < -0.4 is 10.2 Å². The summed E-state index contributed by atoms with van der Waals surface area (Å²) in [5.74, 6) is -1.09. The molecule has 0 saturated carbocycles. The first-order chi connectivity index (χ1) is 11.0. The Morgan fingerprint density at radius 3 is 2.65 bits per heavy atom. The van der Waals surface area contributed by atoms with Gasteiger partial charge in [-0.25, -0.2) is 9.69 Å². The van der Waals surface area contributed by atoms with Crippen molar-refractivity contribution >= 4 is 45.5 Å². The van der Waals surface area contributed by atoms with E-state index in [1.54, 1.807) is 30.3 Å². The molecule has 7 heteroatoms. The van der Waals surface area contributed by atoms with E-state index in [1.165, 1.54) is 12.3 Å². The number of benzene rings is 1. The Morgan fingerprint density at radius 2 is 2.00 bits per heavy atom. The number of nitrogens with zero attached hydrogens (tertiary/aromatic N) is 1. The Morgan fingerprint density at radius 1 is 1.22 bits per heavy atom. The number of urea groups is 1. The average Bonchev–Trinajstić information content (AvgIpc) is 3.00. The second-order valence-electron chi connectivity index (χ2n) is 4.91. The van der Waals surface area contributed by atoms with Crippen molar-refractivity contribution in [3.63, 3.8) is 0 Å². The van der Waals surface area contributed by atoms with Gasteiger partial charge in [-0.15, -0.1) is 0 Å². The van der Waals surface area contributed by atoms with Crippen LogP contribution in [-0.4, -0.2) is 17.8 Å². The van der Waals surface area contributed by atoms with Gasteiger partial charge >= 0.3 is 6.03 Å². The molecule has 1 fully saturated rings. The molecule has 1 aliphatic rings. The molecule has 2 aromatic rings. The number of furan rings is 1. The van der Waals surface area contributed by atoms with Crippen LogP contribution in [0.1, 0.15) is 11.3 Å². The van der Waals surface area contributed by atoms with Crippen LogP contribution in [0.2, 0.25) is 0 Å². The lowest BCUT2D eigenvalue weighted by Gasteiger charge is -2.26. The van der Waals surface area contributed by atoms with Gasteiger partial charge in [0.05, 0.1) is 12.0 Å². The highest BCUT2D eigenvalue weighted by Crippen LogP contribution is 2.26. The van der Waals surface area contributed by atoms with E-state index in [9.17, 15) is 14.4 Å². The molecule has 3 rings (SSSR count). The number of barbiturate groups is 1. The number of hydrogen-bond donors (Lipinski definition) is 1. The van der Waals surface area contributed by atoms with Crippen molar-refractivity contribution in [1.29, 1.82) is 0 Å². The Hall–Kier alpha value is -2.67. The molecule has 0 spiro atoms. The second-order valence-corrected chi connectivity index (χ2v) is 5.76. The predicted molar refractivity (Wildman–Crippen MR) is 86.6 cm³/mol. The van der Waals surface area contributed by atoms with Crippen LogP contribution in [0.25, 0.3) is 6.08 Å². The van der Waals surface area contributed by atoms with E-state index < -0.39 is 17.8 Å². The summed E-state index contributed by atoms with van der Waals surface area (Å²) in [6, 6.07) is 7.50. The molecule has 0 aliphatic carbocycles. The van der Waals surface area contributed by atoms with E-state index in [0.717, 1.165) is 14.9 Å². The summed E-state index contributed by atoms with van der Waals surface area (Å²) in [6.07, 6.45) is 2.74. The highest BCUT2D eigenvalue weighted by molar-refractivity contribution is 9.10. The predicted octanol–water partition coefficient (Wildman–Crippen LogP) is 3.02. The van der Waals surface area contributed by atoms with Crippen molar-refractivity contribution in [1.82, 2.24) is 5.32 Å². The fraction of sp³-hybridized carbons (Fsp3) is 0.0625. The summed E-state index contributed by atoms with van der Waals surface area (Å²) in [5, 5.41) is 2.16. The van der Waals surface area contributed by atoms with Gasteiger partial charge in [0, 0.05) is 4.47 Å². The zero-order chi connectivity index (χ0) is 16.6. The van der Waals surface area contributed by atoms with Gasteiger partial charge in [-0.1, -0.05) is 15.9 Å². The fourth-order valence-electron chi connectivity index (χ4n) is 2.18. The quantitative estimate of drug-likeness (QED) is 0.647. The minimum atomic E-state index is -0.779. The maximum atomic E-state index is 12.6. The van der Waals surface area contributed by atoms with Crippen LogP contribution in [0, 0.1) is 6.92 Å². The molecule has 4 amide bonds. The summed E-state index contributed by atoms with van der Waals surface area (Å²) in [4.78, 5) is 37.5. The third-order valence-electron chi connectivity index (χ3n) is 3.33. The first-order valence-electron chi connectivity index (χ1n) is 6.68. The zero-order valence-electron chi connectivity index (χ0n) is 12.0. The molecule has 116 valence electrons. The van der Waals surface area contributed by atoms with Gasteiger partial charge < -0.3 is 4.42 Å². The number of imide groups is 2. The van der Waals surface area contributed by atoms with Crippen molar-refractivity contribution in [2.75, 3.05) is 4.90 Å². The van der Waals surface area contributed by atoms with E-state index in [1.807, 2.05) is 6.92 Å². The van der Waals surface area contributed by atoms with Gasteiger partial charge in [0.1, 0.15) is 11.3 Å². The Bertz CT molecular complexity index is 840. The Labute approximate surface area is 139 Å². The number of carbonyl (C=O) groups is 3. The SMILES string of the molecule is Cc1cc(N2C(=O)NC(=O)C(=Cc3ccco3)C2=O)ccc1Br. The van der Waals surface area contributed by atoms with Crippen molar-refractivity contribution in [2.24, 2.45) is 0 Å². The molecule has 1 N–H and O–H groups in total. The minimum Gasteiger partial charge on any atom is -0.465 e. The maximum Gasteiger partial charge on any atom is 0.335 e. The van der Waals surface area contributed by atoms with Gasteiger partial charge in [0.2, 0.25) is 0 Å². The van der Waals surface area contributed by atoms with Gasteiger partial charge in [-0.3, -0.25) is 14.9 Å². The molecule has 0 radical (unpaired) electrons. The number of nitrogens with one attached hydrogen (secondary N) is 1. The van der Waals surface area contributed by atoms with E-state index in [2.05, 4.69) is 21.2 Å². The number of aryl methyl sites for hydroxylation is 1. The van der Waals surface area contributed by atoms with Crippen LogP contribution in [0.3, 0.4) is 0 Å². The standard InChI is InChI=1S/C16H11BrN2O4/c1-9-7-10(4-5-13(9)17)19-15(21)12(14(20)18-16(19)22)8-11-3-2-6-23-11/h2-8H,1H3,(H,18,20,22). The number of anilines is 1. The molecule has 6 nitrogen and oxygen atoms in total. The van der Waals surface area contributed by atoms with Crippen LogP contribution in [0.15, 0.2) is 51.1 Å². The molecular weight excluding hydrogens is 364 g/mol. The van der Waals surface area contributed by atoms with E-state index in [0.29, 0.717) is 11.4 Å². The largest absolute Gasteiger partial charge is 0.465 e. The maximum absolute atomic E-state index is 12.6. The third-order valence-corrected chi connectivity index (χ3v) is 4.22. The molecule has 23 heavy (non-hydrogen) atoms. The van der Waals surface area contributed by atoms with Crippen LogP contribution in [-0.2, 0) is 9.59 Å². The Kier molecular flexibility index (Phi) is 3.87. The smallest absolute Gasteiger partial charge is 0.335 e. The summed E-state index contributed by atoms with van der Waals surface area (Å²) >= 11 is 3.36. The van der Waals surface area contributed by atoms with E-state index >= 15 is 0 Å². The lowest BCUT2D eigenvalue weighted by molar-refractivity contribution is -0.122. The number of carbonyl (C=O) groups excluding carboxylic acids is 3. The van der Waals surface area contributed by atoms with E-state index in [4.69, 9.17) is 4.42 Å². The van der Waals surface area contributed by atoms with Crippen molar-refractivity contribution in [3.05, 3.63) is 58.0 Å². The normalized spacial score (nSPS) is 16.9. The molecule has 0 bridgehead atoms. The number of halogens is 1. The second kappa shape index (κ2) is 5.85. The van der Waals surface area contributed by atoms with Crippen LogP contribution in [0.5, 0.6) is 0 Å². The average molecular weight is 375 g/mol. The van der Waals surface area contributed by atoms with Gasteiger partial charge in [0.15, 0.2) is 0 Å². The summed E-state index contributed by atoms with van der Waals surface area (Å²) in [5.41, 5.74) is 1.07. The van der Waals surface area contributed by atoms with Crippen LogP contribution in [0.4, 0.5) is 10.5 Å². The number of rotatable bonds is 2. The fourth-order valence-corrected chi connectivity index (χ4v) is 2.42. The molecule has 1 aliphatic heterocycles. The van der Waals surface area contributed by atoms with E-state index in [-0.39, 0.29) is 5.57 Å². The van der Waals surface area contributed by atoms with Crippen molar-refractivity contribution in [3.8, 4) is 0 Å². The minimum absolute atomic E-state index is 0.167. The number of hydrogen-bond acceptors (Lipinski definition) is 4. The molecule has 2 heterocycles. The highest BCUT2D eigenvalue weighted by atomic mass is 79.9. The first-order valence-corrected chi connectivity index (χ1v) is 7.48. The molecule has 0 unspecified atom stereocenters. The van der Waals surface area contributed by atoms with Gasteiger partial charge in [0.25, 0.3) is 11.8 Å². The summed E-state index contributed by atoms with van der Waals surface area (Å²) < 4.78 is 5.97. The van der Waals surface area contributed by atoms with Gasteiger partial charge in [-0.2, -0.15) is 0 Å². The monoisotopic (exact) mass is 374 g/mol. The highest BCUT2D eigenvalue weighted by Gasteiger charge is 2.37. The first kappa shape index (κ1) is 15.2.